The van der Waals surface area contributed by atoms with Gasteiger partial charge in [0.15, 0.2) is 0 Å². The minimum absolute atomic E-state index is 0.0132. The molecule has 3 N–H and O–H groups in total. The van der Waals surface area contributed by atoms with Crippen molar-refractivity contribution in [1.29, 1.82) is 0 Å². The fourth-order valence-corrected chi connectivity index (χ4v) is 8.09. The molecule has 17 heteroatoms. The highest BCUT2D eigenvalue weighted by Gasteiger charge is 2.56. The number of hydrazone groups is 2. The molecule has 0 aliphatic carbocycles. The van der Waals surface area contributed by atoms with E-state index in [1.165, 1.54) is 4.90 Å². The Bertz CT molecular complexity index is 1790. The Labute approximate surface area is 307 Å². The van der Waals surface area contributed by atoms with Crippen LogP contribution in [-0.2, 0) is 23.6 Å². The first-order valence-corrected chi connectivity index (χ1v) is 18.1. The molecular formula is C36H41F6N7O3S. The van der Waals surface area contributed by atoms with Crippen LogP contribution in [0.15, 0.2) is 64.4 Å². The number of alkyl halides is 6. The molecule has 2 aliphatic rings. The van der Waals surface area contributed by atoms with Crippen molar-refractivity contribution in [2.75, 3.05) is 19.6 Å². The Balaban J connectivity index is 1.46. The number of piperidine rings is 2. The Kier molecular flexibility index (Phi) is 12.4. The van der Waals surface area contributed by atoms with Crippen molar-refractivity contribution in [3.05, 3.63) is 81.3 Å². The van der Waals surface area contributed by atoms with E-state index in [1.54, 1.807) is 11.8 Å². The molecule has 3 aromatic rings. The van der Waals surface area contributed by atoms with Crippen molar-refractivity contribution in [2.24, 2.45) is 16.0 Å². The summed E-state index contributed by atoms with van der Waals surface area (Å²) >= 11 is 0.408. The number of carbonyl (C=O) groups is 2. The molecule has 0 saturated carbocycles. The SMILES string of the molecule is C=NNC(CCc1ccccc1C1CCN(C(=O)[C@]2(Oc3csc(C(F)(F)F)c3)CCCN(C(=O)c3cnccc3C(F)(F)F)[C@@H]2CCC)CC1)=NN. The van der Waals surface area contributed by atoms with E-state index in [0.717, 1.165) is 35.0 Å². The monoisotopic (exact) mass is 765 g/mol. The van der Waals surface area contributed by atoms with Gasteiger partial charge in [0, 0.05) is 63.0 Å². The van der Waals surface area contributed by atoms with Gasteiger partial charge in [-0.1, -0.05) is 37.6 Å². The van der Waals surface area contributed by atoms with E-state index in [-0.39, 0.29) is 50.6 Å². The summed E-state index contributed by atoms with van der Waals surface area (Å²) in [6.07, 6.45) is -4.77. The number of benzene rings is 1. The van der Waals surface area contributed by atoms with Crippen LogP contribution >= 0.6 is 11.3 Å². The highest BCUT2D eigenvalue weighted by atomic mass is 32.1. The van der Waals surface area contributed by atoms with Crippen LogP contribution in [0.25, 0.3) is 0 Å². The van der Waals surface area contributed by atoms with Crippen LogP contribution < -0.4 is 16.0 Å². The summed E-state index contributed by atoms with van der Waals surface area (Å²) in [6.45, 7) is 5.77. The number of hydrogen-bond donors (Lipinski definition) is 2. The van der Waals surface area contributed by atoms with Crippen molar-refractivity contribution in [2.45, 2.75) is 88.2 Å². The quantitative estimate of drug-likeness (QED) is 0.0699. The molecule has 2 amide bonds. The molecule has 2 saturated heterocycles. The molecule has 0 spiro atoms. The van der Waals surface area contributed by atoms with Gasteiger partial charge in [-0.25, -0.2) is 0 Å². The number of nitrogens with two attached hydrogens (primary N) is 1. The highest BCUT2D eigenvalue weighted by molar-refractivity contribution is 7.10. The average molecular weight is 766 g/mol. The van der Waals surface area contributed by atoms with Crippen LogP contribution in [0.5, 0.6) is 5.75 Å². The van der Waals surface area contributed by atoms with Crippen LogP contribution in [0.1, 0.15) is 89.7 Å². The Morgan fingerprint density at radius 3 is 2.49 bits per heavy atom. The lowest BCUT2D eigenvalue weighted by molar-refractivity contribution is -0.160. The molecule has 2 fully saturated rings. The predicted octanol–water partition coefficient (Wildman–Crippen LogP) is 7.22. The topological polar surface area (TPSA) is 126 Å². The maximum Gasteiger partial charge on any atom is 0.425 e. The number of rotatable bonds is 11. The van der Waals surface area contributed by atoms with Crippen molar-refractivity contribution in [3.63, 3.8) is 0 Å². The molecule has 1 aromatic carbocycles. The summed E-state index contributed by atoms with van der Waals surface area (Å²) in [5.74, 6) is 4.30. The average Bonchev–Trinajstić information content (AvgIpc) is 3.62. The van der Waals surface area contributed by atoms with Gasteiger partial charge in [0.2, 0.25) is 5.60 Å². The Hall–Kier alpha value is -4.67. The number of amides is 2. The van der Waals surface area contributed by atoms with E-state index < -0.39 is 51.8 Å². The molecular weight excluding hydrogens is 724 g/mol. The molecule has 2 aromatic heterocycles. The second-order valence-corrected chi connectivity index (χ2v) is 14.0. The van der Waals surface area contributed by atoms with E-state index in [9.17, 15) is 35.9 Å². The molecule has 0 bridgehead atoms. The number of nitrogens with one attached hydrogen (secondary N) is 1. The van der Waals surface area contributed by atoms with Crippen LogP contribution in [-0.4, -0.2) is 70.4 Å². The molecule has 0 radical (unpaired) electrons. The van der Waals surface area contributed by atoms with Crippen LogP contribution in [0.4, 0.5) is 26.3 Å². The summed E-state index contributed by atoms with van der Waals surface area (Å²) in [4.78, 5) is 34.6. The van der Waals surface area contributed by atoms with E-state index >= 15 is 0 Å². The number of carbonyl (C=O) groups excluding carboxylic acids is 2. The molecule has 4 heterocycles. The summed E-state index contributed by atoms with van der Waals surface area (Å²) in [7, 11) is 0. The van der Waals surface area contributed by atoms with E-state index in [4.69, 9.17) is 10.6 Å². The number of pyridine rings is 1. The van der Waals surface area contributed by atoms with Gasteiger partial charge in [0.1, 0.15) is 16.5 Å². The minimum Gasteiger partial charge on any atom is -0.474 e. The summed E-state index contributed by atoms with van der Waals surface area (Å²) in [6, 6.07) is 8.35. The zero-order chi connectivity index (χ0) is 38.4. The smallest absolute Gasteiger partial charge is 0.425 e. The predicted molar refractivity (Wildman–Crippen MR) is 189 cm³/mol. The zero-order valence-corrected chi connectivity index (χ0v) is 29.9. The van der Waals surface area contributed by atoms with E-state index in [0.29, 0.717) is 55.3 Å². The third kappa shape index (κ3) is 8.77. The number of amidine groups is 1. The third-order valence-electron chi connectivity index (χ3n) is 9.83. The highest BCUT2D eigenvalue weighted by Crippen LogP contribution is 2.43. The Morgan fingerprint density at radius 2 is 1.85 bits per heavy atom. The normalized spacial score (nSPS) is 20.3. The van der Waals surface area contributed by atoms with Crippen LogP contribution in [0.3, 0.4) is 0 Å². The summed E-state index contributed by atoms with van der Waals surface area (Å²) in [5.41, 5.74) is 1.11. The van der Waals surface area contributed by atoms with Gasteiger partial charge in [0.05, 0.1) is 17.2 Å². The molecule has 5 rings (SSSR count). The second-order valence-electron chi connectivity index (χ2n) is 13.1. The number of halogens is 6. The standard InChI is InChI=1S/C36H41F6N7O3S/c1-3-7-29-34(52-25-20-30(53-22-25)36(40,41)42,15-6-17-49(29)32(50)27-21-45-16-12-28(27)35(37,38)39)33(51)48-18-13-24(14-19-48)26-9-5-4-8-23(26)10-11-31(46-43)47-44-2/h4-5,8-9,12,16,20-22,24,29H,2-3,6-7,10-11,13-15,17-19,43H2,1H3,(H,46,47)/t29-,34+/m1/s1. The summed E-state index contributed by atoms with van der Waals surface area (Å²) < 4.78 is 89.5. The lowest BCUT2D eigenvalue weighted by Gasteiger charge is -2.50. The lowest BCUT2D eigenvalue weighted by Crippen LogP contribution is -2.68. The second kappa shape index (κ2) is 16.6. The van der Waals surface area contributed by atoms with E-state index in [2.05, 4.69) is 27.3 Å². The first-order chi connectivity index (χ1) is 25.2. The maximum absolute atomic E-state index is 14.9. The minimum atomic E-state index is -4.86. The fourth-order valence-electron chi connectivity index (χ4n) is 7.42. The van der Waals surface area contributed by atoms with Gasteiger partial charge >= 0.3 is 12.4 Å². The van der Waals surface area contributed by atoms with Crippen LogP contribution in [0, 0.1) is 0 Å². The molecule has 286 valence electrons. The number of aryl methyl sites for hydroxylation is 1. The van der Waals surface area contributed by atoms with Gasteiger partial charge in [-0.15, -0.1) is 11.3 Å². The van der Waals surface area contributed by atoms with Crippen molar-refractivity contribution >= 4 is 35.7 Å². The van der Waals surface area contributed by atoms with Gasteiger partial charge in [-0.3, -0.25) is 20.0 Å². The number of aromatic nitrogens is 1. The molecule has 53 heavy (non-hydrogen) atoms. The third-order valence-corrected chi connectivity index (χ3v) is 10.8. The van der Waals surface area contributed by atoms with Gasteiger partial charge in [-0.2, -0.15) is 36.5 Å². The maximum atomic E-state index is 14.9. The Morgan fingerprint density at radius 1 is 1.11 bits per heavy atom. The van der Waals surface area contributed by atoms with Crippen LogP contribution in [0.2, 0.25) is 0 Å². The molecule has 2 atom stereocenters. The largest absolute Gasteiger partial charge is 0.474 e. The lowest BCUT2D eigenvalue weighted by atomic mass is 9.78. The fraction of sp³-hybridized carbons (Fsp3) is 0.472. The zero-order valence-electron chi connectivity index (χ0n) is 29.1. The number of ether oxygens (including phenoxy) is 1. The number of likely N-dealkylation sites (tertiary alicyclic amines) is 2. The van der Waals surface area contributed by atoms with Crippen molar-refractivity contribution in [3.8, 4) is 5.75 Å². The number of hydrogen-bond acceptors (Lipinski definition) is 8. The number of nitrogens with zero attached hydrogens (tertiary/aromatic N) is 5. The first kappa shape index (κ1) is 39.5. The van der Waals surface area contributed by atoms with Gasteiger partial charge in [0.25, 0.3) is 11.8 Å². The van der Waals surface area contributed by atoms with Gasteiger partial charge < -0.3 is 20.4 Å². The molecule has 0 unspecified atom stereocenters. The molecule has 10 nitrogen and oxygen atoms in total. The van der Waals surface area contributed by atoms with Crippen molar-refractivity contribution < 1.29 is 40.7 Å². The first-order valence-electron chi connectivity index (χ1n) is 17.3. The summed E-state index contributed by atoms with van der Waals surface area (Å²) in [5, 5.41) is 8.49. The molecule has 2 aliphatic heterocycles. The van der Waals surface area contributed by atoms with Gasteiger partial charge in [-0.05, 0) is 55.2 Å². The number of thiophene rings is 1. The van der Waals surface area contributed by atoms with Crippen molar-refractivity contribution in [1.82, 2.24) is 20.2 Å². The van der Waals surface area contributed by atoms with E-state index in [1.807, 2.05) is 24.3 Å².